The second kappa shape index (κ2) is 6.05. The summed E-state index contributed by atoms with van der Waals surface area (Å²) in [6, 6.07) is 8.11. The summed E-state index contributed by atoms with van der Waals surface area (Å²) in [5.74, 6) is 0.531. The minimum atomic E-state index is 0.531. The van der Waals surface area contributed by atoms with Gasteiger partial charge < -0.3 is 5.32 Å². The van der Waals surface area contributed by atoms with E-state index in [9.17, 15) is 0 Å². The molecule has 1 aromatic carbocycles. The van der Waals surface area contributed by atoms with Crippen LogP contribution < -0.4 is 5.32 Å². The van der Waals surface area contributed by atoms with Gasteiger partial charge in [0.15, 0.2) is 0 Å². The first kappa shape index (κ1) is 11.5. The molecule has 0 saturated heterocycles. The van der Waals surface area contributed by atoms with Crippen LogP contribution in [-0.2, 0) is 0 Å². The monoisotopic (exact) mass is 211 g/mol. The van der Waals surface area contributed by atoms with Crippen molar-refractivity contribution in [1.29, 1.82) is 0 Å². The van der Waals surface area contributed by atoms with Gasteiger partial charge in [0.05, 0.1) is 0 Å². The Labute approximate surface area is 91.5 Å². The number of nitrogens with one attached hydrogen (secondary N) is 1. The van der Waals surface area contributed by atoms with E-state index < -0.39 is 0 Å². The molecule has 0 aliphatic carbocycles. The summed E-state index contributed by atoms with van der Waals surface area (Å²) >= 11 is 6.15. The van der Waals surface area contributed by atoms with Crippen LogP contribution in [0.4, 0.5) is 0 Å². The quantitative estimate of drug-likeness (QED) is 0.787. The van der Waals surface area contributed by atoms with E-state index >= 15 is 0 Å². The lowest BCUT2D eigenvalue weighted by Gasteiger charge is -2.16. The van der Waals surface area contributed by atoms with Crippen molar-refractivity contribution in [3.63, 3.8) is 0 Å². The number of hydrogen-bond acceptors (Lipinski definition) is 1. The van der Waals surface area contributed by atoms with Gasteiger partial charge in [0.2, 0.25) is 0 Å². The molecule has 1 N–H and O–H groups in total. The van der Waals surface area contributed by atoms with Crippen LogP contribution in [0, 0.1) is 0 Å². The molecule has 1 aromatic rings. The predicted molar refractivity (Wildman–Crippen MR) is 63.0 cm³/mol. The summed E-state index contributed by atoms with van der Waals surface area (Å²) < 4.78 is 0. The van der Waals surface area contributed by atoms with Gasteiger partial charge in [-0.25, -0.2) is 0 Å². The third-order valence-corrected chi connectivity index (χ3v) is 2.82. The molecule has 0 saturated carbocycles. The molecule has 2 heteroatoms. The first-order valence-corrected chi connectivity index (χ1v) is 5.62. The van der Waals surface area contributed by atoms with Gasteiger partial charge in [-0.2, -0.15) is 0 Å². The Balaban J connectivity index is 2.73. The highest BCUT2D eigenvalue weighted by Gasteiger charge is 2.11. The lowest BCUT2D eigenvalue weighted by Crippen LogP contribution is -2.20. The van der Waals surface area contributed by atoms with Crippen LogP contribution in [0.15, 0.2) is 24.3 Å². The molecule has 0 bridgehead atoms. The molecule has 14 heavy (non-hydrogen) atoms. The molecule has 1 unspecified atom stereocenters. The van der Waals surface area contributed by atoms with Crippen molar-refractivity contribution in [2.24, 2.45) is 0 Å². The minimum absolute atomic E-state index is 0.531. The number of hydrogen-bond donors (Lipinski definition) is 1. The van der Waals surface area contributed by atoms with Gasteiger partial charge in [-0.15, -0.1) is 0 Å². The maximum Gasteiger partial charge on any atom is 0.0441 e. The van der Waals surface area contributed by atoms with Gasteiger partial charge in [0, 0.05) is 11.6 Å². The third-order valence-electron chi connectivity index (χ3n) is 2.48. The summed E-state index contributed by atoms with van der Waals surface area (Å²) in [6.07, 6.45) is 1.12. The Morgan fingerprint density at radius 3 is 2.57 bits per heavy atom. The molecule has 1 nitrogen and oxygen atoms in total. The van der Waals surface area contributed by atoms with E-state index in [1.54, 1.807) is 0 Å². The average Bonchev–Trinajstić information content (AvgIpc) is 2.21. The van der Waals surface area contributed by atoms with Crippen LogP contribution in [0.5, 0.6) is 0 Å². The molecule has 1 atom stereocenters. The van der Waals surface area contributed by atoms with Gasteiger partial charge in [-0.1, -0.05) is 43.6 Å². The fourth-order valence-corrected chi connectivity index (χ4v) is 1.89. The van der Waals surface area contributed by atoms with Crippen LogP contribution in [0.1, 0.15) is 31.7 Å². The summed E-state index contributed by atoms with van der Waals surface area (Å²) in [5.41, 5.74) is 1.26. The lowest BCUT2D eigenvalue weighted by molar-refractivity contribution is 0.584. The second-order valence-corrected chi connectivity index (χ2v) is 3.84. The molecule has 0 heterocycles. The van der Waals surface area contributed by atoms with E-state index in [4.69, 9.17) is 11.6 Å². The van der Waals surface area contributed by atoms with Crippen molar-refractivity contribution in [3.05, 3.63) is 34.9 Å². The number of halogens is 1. The van der Waals surface area contributed by atoms with Crippen LogP contribution in [0.25, 0.3) is 0 Å². The summed E-state index contributed by atoms with van der Waals surface area (Å²) in [5, 5.41) is 4.25. The zero-order valence-corrected chi connectivity index (χ0v) is 9.64. The van der Waals surface area contributed by atoms with Crippen molar-refractivity contribution in [3.8, 4) is 0 Å². The summed E-state index contributed by atoms with van der Waals surface area (Å²) in [6.45, 7) is 6.35. The third kappa shape index (κ3) is 3.00. The topological polar surface area (TPSA) is 12.0 Å². The van der Waals surface area contributed by atoms with E-state index in [0.29, 0.717) is 5.92 Å². The normalized spacial score (nSPS) is 12.8. The van der Waals surface area contributed by atoms with Crippen LogP contribution in [0.3, 0.4) is 0 Å². The molecule has 0 fully saturated rings. The number of rotatable bonds is 5. The number of benzene rings is 1. The van der Waals surface area contributed by atoms with Crippen molar-refractivity contribution in [2.45, 2.75) is 26.2 Å². The first-order valence-electron chi connectivity index (χ1n) is 5.24. The van der Waals surface area contributed by atoms with Gasteiger partial charge in [-0.3, -0.25) is 0 Å². The van der Waals surface area contributed by atoms with Crippen molar-refractivity contribution >= 4 is 11.6 Å². The molecular weight excluding hydrogens is 194 g/mol. The van der Waals surface area contributed by atoms with E-state index in [-0.39, 0.29) is 0 Å². The predicted octanol–water partition coefficient (Wildman–Crippen LogP) is 3.44. The van der Waals surface area contributed by atoms with Crippen LogP contribution >= 0.6 is 11.6 Å². The fraction of sp³-hybridized carbons (Fsp3) is 0.500. The van der Waals surface area contributed by atoms with Crippen molar-refractivity contribution in [2.75, 3.05) is 13.1 Å². The minimum Gasteiger partial charge on any atom is -0.316 e. The Morgan fingerprint density at radius 1 is 1.29 bits per heavy atom. The summed E-state index contributed by atoms with van der Waals surface area (Å²) in [7, 11) is 0. The zero-order chi connectivity index (χ0) is 10.4. The maximum absolute atomic E-state index is 6.15. The molecule has 1 rings (SSSR count). The Bertz CT molecular complexity index is 273. The Hall–Kier alpha value is -0.530. The maximum atomic E-state index is 6.15. The van der Waals surface area contributed by atoms with Crippen molar-refractivity contribution in [1.82, 2.24) is 5.32 Å². The zero-order valence-electron chi connectivity index (χ0n) is 8.89. The van der Waals surface area contributed by atoms with Crippen LogP contribution in [-0.4, -0.2) is 13.1 Å². The van der Waals surface area contributed by atoms with Gasteiger partial charge >= 0.3 is 0 Å². The number of likely N-dealkylation sites (N-methyl/N-ethyl adjacent to an activating group) is 1. The van der Waals surface area contributed by atoms with Gasteiger partial charge in [-0.05, 0) is 30.5 Å². The van der Waals surface area contributed by atoms with E-state index in [0.717, 1.165) is 24.5 Å². The molecule has 78 valence electrons. The standard InChI is InChI=1S/C12H18ClN/c1-3-10(9-14-4-2)11-7-5-6-8-12(11)13/h5-8,10,14H,3-4,9H2,1-2H3. The fourth-order valence-electron chi connectivity index (χ4n) is 1.60. The summed E-state index contributed by atoms with van der Waals surface area (Å²) in [4.78, 5) is 0. The molecule has 0 aromatic heterocycles. The molecular formula is C12H18ClN. The van der Waals surface area contributed by atoms with Crippen LogP contribution in [0.2, 0.25) is 5.02 Å². The molecule has 0 amide bonds. The van der Waals surface area contributed by atoms with Gasteiger partial charge in [0.1, 0.15) is 0 Å². The second-order valence-electron chi connectivity index (χ2n) is 3.43. The highest BCUT2D eigenvalue weighted by molar-refractivity contribution is 6.31. The SMILES string of the molecule is CCNCC(CC)c1ccccc1Cl. The van der Waals surface area contributed by atoms with E-state index in [2.05, 4.69) is 31.3 Å². The van der Waals surface area contributed by atoms with Crippen molar-refractivity contribution < 1.29 is 0 Å². The Morgan fingerprint density at radius 2 is 2.00 bits per heavy atom. The first-order chi connectivity index (χ1) is 6.79. The Kier molecular flexibility index (Phi) is 4.99. The molecule has 0 aliphatic heterocycles. The highest BCUT2D eigenvalue weighted by Crippen LogP contribution is 2.26. The van der Waals surface area contributed by atoms with Gasteiger partial charge in [0.25, 0.3) is 0 Å². The molecule has 0 aliphatic rings. The largest absolute Gasteiger partial charge is 0.316 e. The van der Waals surface area contributed by atoms with E-state index in [1.165, 1.54) is 5.56 Å². The highest BCUT2D eigenvalue weighted by atomic mass is 35.5. The van der Waals surface area contributed by atoms with E-state index in [1.807, 2.05) is 12.1 Å². The average molecular weight is 212 g/mol. The molecule has 0 spiro atoms. The molecule has 0 radical (unpaired) electrons. The smallest absolute Gasteiger partial charge is 0.0441 e. The lowest BCUT2D eigenvalue weighted by atomic mass is 9.96.